The topological polar surface area (TPSA) is 75.3 Å². The molecule has 5 nitrogen and oxygen atoms in total. The summed E-state index contributed by atoms with van der Waals surface area (Å²) < 4.78 is 27.4. The molecule has 8 heteroatoms. The molecule has 0 atom stereocenters. The van der Waals surface area contributed by atoms with Crippen molar-refractivity contribution < 1.29 is 13.2 Å². The van der Waals surface area contributed by atoms with Gasteiger partial charge in [-0.1, -0.05) is 49.0 Å². The molecule has 1 amide bonds. The summed E-state index contributed by atoms with van der Waals surface area (Å²) in [6.07, 6.45) is 3.03. The second kappa shape index (κ2) is 9.26. The molecule has 2 rings (SSSR count). The van der Waals surface area contributed by atoms with Crippen molar-refractivity contribution >= 4 is 44.8 Å². The van der Waals surface area contributed by atoms with E-state index < -0.39 is 10.0 Å². The lowest BCUT2D eigenvalue weighted by molar-refractivity contribution is 0.0953. The van der Waals surface area contributed by atoms with Gasteiger partial charge in [0.05, 0.1) is 14.9 Å². The summed E-state index contributed by atoms with van der Waals surface area (Å²) in [4.78, 5) is 12.1. The summed E-state index contributed by atoms with van der Waals surface area (Å²) in [5.74, 6) is -0.239. The van der Waals surface area contributed by atoms with Crippen LogP contribution < -0.4 is 10.0 Å². The van der Waals surface area contributed by atoms with Gasteiger partial charge in [-0.2, -0.15) is 0 Å². The van der Waals surface area contributed by atoms with E-state index in [2.05, 4.69) is 17.0 Å². The molecule has 0 unspecified atom stereocenters. The maximum absolute atomic E-state index is 12.5. The van der Waals surface area contributed by atoms with Gasteiger partial charge < -0.3 is 5.32 Å². The largest absolute Gasteiger partial charge is 0.352 e. The van der Waals surface area contributed by atoms with Crippen LogP contribution in [0.5, 0.6) is 0 Å². The highest BCUT2D eigenvalue weighted by atomic mass is 35.5. The van der Waals surface area contributed by atoms with Crippen molar-refractivity contribution in [3.05, 3.63) is 58.1 Å². The van der Waals surface area contributed by atoms with E-state index in [0.717, 1.165) is 19.3 Å². The van der Waals surface area contributed by atoms with E-state index in [1.807, 2.05) is 0 Å². The third-order valence-electron chi connectivity index (χ3n) is 3.64. The number of halogens is 2. The van der Waals surface area contributed by atoms with Crippen LogP contribution in [-0.2, 0) is 10.0 Å². The quantitative estimate of drug-likeness (QED) is 0.613. The van der Waals surface area contributed by atoms with Gasteiger partial charge in [0.15, 0.2) is 0 Å². The summed E-state index contributed by atoms with van der Waals surface area (Å²) in [5, 5.41) is 3.24. The molecule has 26 heavy (non-hydrogen) atoms. The number of carbonyl (C=O) groups excluding carboxylic acids is 1. The number of benzene rings is 2. The molecule has 0 bridgehead atoms. The average molecular weight is 415 g/mol. The fourth-order valence-electron chi connectivity index (χ4n) is 2.26. The summed E-state index contributed by atoms with van der Waals surface area (Å²) >= 11 is 11.7. The van der Waals surface area contributed by atoms with Gasteiger partial charge in [-0.3, -0.25) is 9.52 Å². The zero-order valence-electron chi connectivity index (χ0n) is 14.3. The lowest BCUT2D eigenvalue weighted by Gasteiger charge is -2.10. The molecule has 0 radical (unpaired) electrons. The highest BCUT2D eigenvalue weighted by Crippen LogP contribution is 2.26. The predicted molar refractivity (Wildman–Crippen MR) is 106 cm³/mol. The van der Waals surface area contributed by atoms with Crippen LogP contribution in [0, 0.1) is 0 Å². The van der Waals surface area contributed by atoms with Crippen molar-refractivity contribution in [1.82, 2.24) is 5.32 Å². The molecule has 0 spiro atoms. The van der Waals surface area contributed by atoms with Crippen LogP contribution in [0.15, 0.2) is 47.4 Å². The minimum atomic E-state index is -3.84. The predicted octanol–water partition coefficient (Wildman–Crippen LogP) is 4.71. The zero-order valence-corrected chi connectivity index (χ0v) is 16.6. The Morgan fingerprint density at radius 3 is 2.50 bits per heavy atom. The summed E-state index contributed by atoms with van der Waals surface area (Å²) in [6.45, 7) is 2.68. The lowest BCUT2D eigenvalue weighted by atomic mass is 10.2. The van der Waals surface area contributed by atoms with Gasteiger partial charge in [0.1, 0.15) is 0 Å². The Bertz CT molecular complexity index is 886. The molecule has 0 fully saturated rings. The van der Waals surface area contributed by atoms with Crippen LogP contribution in [0.4, 0.5) is 5.69 Å². The number of carbonyl (C=O) groups is 1. The monoisotopic (exact) mass is 414 g/mol. The van der Waals surface area contributed by atoms with Crippen molar-refractivity contribution in [3.63, 3.8) is 0 Å². The van der Waals surface area contributed by atoms with Gasteiger partial charge in [-0.25, -0.2) is 8.42 Å². The SMILES string of the molecule is CCCCCNC(=O)c1cccc(NS(=O)(=O)c2ccc(Cl)c(Cl)c2)c1. The first-order valence-corrected chi connectivity index (χ1v) is 10.4. The van der Waals surface area contributed by atoms with Crippen LogP contribution in [0.1, 0.15) is 36.5 Å². The maximum atomic E-state index is 12.5. The Kier molecular flexibility index (Phi) is 7.32. The van der Waals surface area contributed by atoms with Crippen molar-refractivity contribution in [3.8, 4) is 0 Å². The standard InChI is InChI=1S/C18H20Cl2N2O3S/c1-2-3-4-10-21-18(23)13-6-5-7-14(11-13)22-26(24,25)15-8-9-16(19)17(20)12-15/h5-9,11-12,22H,2-4,10H2,1H3,(H,21,23). The van der Waals surface area contributed by atoms with E-state index in [1.54, 1.807) is 18.2 Å². The van der Waals surface area contributed by atoms with Crippen LogP contribution in [0.2, 0.25) is 10.0 Å². The van der Waals surface area contributed by atoms with E-state index >= 15 is 0 Å². The number of anilines is 1. The van der Waals surface area contributed by atoms with E-state index in [-0.39, 0.29) is 26.5 Å². The smallest absolute Gasteiger partial charge is 0.261 e. The maximum Gasteiger partial charge on any atom is 0.261 e. The Hall–Kier alpha value is -1.76. The number of hydrogen-bond donors (Lipinski definition) is 2. The molecule has 0 aromatic heterocycles. The molecule has 0 saturated heterocycles. The van der Waals surface area contributed by atoms with Gasteiger partial charge in [-0.05, 0) is 42.8 Å². The first kappa shape index (κ1) is 20.6. The van der Waals surface area contributed by atoms with Crippen molar-refractivity contribution in [2.45, 2.75) is 31.1 Å². The van der Waals surface area contributed by atoms with Gasteiger partial charge in [0.2, 0.25) is 0 Å². The van der Waals surface area contributed by atoms with Gasteiger partial charge in [0.25, 0.3) is 15.9 Å². The van der Waals surface area contributed by atoms with Crippen LogP contribution >= 0.6 is 23.2 Å². The van der Waals surface area contributed by atoms with E-state index in [1.165, 1.54) is 24.3 Å². The molecule has 140 valence electrons. The number of amides is 1. The summed E-state index contributed by atoms with van der Waals surface area (Å²) in [5.41, 5.74) is 0.674. The third-order valence-corrected chi connectivity index (χ3v) is 5.76. The molecule has 2 aromatic carbocycles. The summed E-state index contributed by atoms with van der Waals surface area (Å²) in [7, 11) is -3.84. The molecule has 2 N–H and O–H groups in total. The second-order valence-electron chi connectivity index (χ2n) is 5.73. The van der Waals surface area contributed by atoms with E-state index in [4.69, 9.17) is 23.2 Å². The van der Waals surface area contributed by atoms with Crippen molar-refractivity contribution in [2.75, 3.05) is 11.3 Å². The first-order valence-electron chi connectivity index (χ1n) is 8.19. The van der Waals surface area contributed by atoms with E-state index in [9.17, 15) is 13.2 Å². The van der Waals surface area contributed by atoms with Crippen LogP contribution in [-0.4, -0.2) is 20.9 Å². The molecule has 2 aromatic rings. The Labute approximate surface area is 163 Å². The van der Waals surface area contributed by atoms with Crippen LogP contribution in [0.25, 0.3) is 0 Å². The second-order valence-corrected chi connectivity index (χ2v) is 8.22. The van der Waals surface area contributed by atoms with Crippen molar-refractivity contribution in [2.24, 2.45) is 0 Å². The minimum Gasteiger partial charge on any atom is -0.352 e. The summed E-state index contributed by atoms with van der Waals surface area (Å²) in [6, 6.07) is 10.4. The number of unbranched alkanes of at least 4 members (excludes halogenated alkanes) is 2. The van der Waals surface area contributed by atoms with Gasteiger partial charge >= 0.3 is 0 Å². The zero-order chi connectivity index (χ0) is 19.2. The highest BCUT2D eigenvalue weighted by Gasteiger charge is 2.16. The molecule has 0 aliphatic heterocycles. The fourth-order valence-corrected chi connectivity index (χ4v) is 3.70. The fraction of sp³-hybridized carbons (Fsp3) is 0.278. The number of sulfonamides is 1. The third kappa shape index (κ3) is 5.62. The van der Waals surface area contributed by atoms with Crippen LogP contribution in [0.3, 0.4) is 0 Å². The molecule has 0 aliphatic carbocycles. The Morgan fingerprint density at radius 2 is 1.81 bits per heavy atom. The van der Waals surface area contributed by atoms with Gasteiger partial charge in [-0.15, -0.1) is 0 Å². The number of nitrogens with one attached hydrogen (secondary N) is 2. The molecule has 0 saturated carbocycles. The minimum absolute atomic E-state index is 0.0127. The molecular formula is C18H20Cl2N2O3S. The molecule has 0 heterocycles. The molecule has 0 aliphatic rings. The van der Waals surface area contributed by atoms with Crippen molar-refractivity contribution in [1.29, 1.82) is 0 Å². The average Bonchev–Trinajstić information content (AvgIpc) is 2.60. The van der Waals surface area contributed by atoms with Gasteiger partial charge in [0, 0.05) is 17.8 Å². The Balaban J connectivity index is 2.12. The van der Waals surface area contributed by atoms with E-state index in [0.29, 0.717) is 12.1 Å². The number of hydrogen-bond acceptors (Lipinski definition) is 3. The Morgan fingerprint density at radius 1 is 1.04 bits per heavy atom. The number of rotatable bonds is 8. The molecular weight excluding hydrogens is 395 g/mol. The normalized spacial score (nSPS) is 11.2. The first-order chi connectivity index (χ1) is 12.3. The highest BCUT2D eigenvalue weighted by molar-refractivity contribution is 7.92. The lowest BCUT2D eigenvalue weighted by Crippen LogP contribution is -2.24.